The Morgan fingerprint density at radius 3 is 2.70 bits per heavy atom. The van der Waals surface area contributed by atoms with Crippen LogP contribution in [-0.2, 0) is 11.2 Å². The molecular weight excluding hydrogens is 250 g/mol. The van der Waals surface area contributed by atoms with Crippen molar-refractivity contribution in [3.05, 3.63) is 65.2 Å². The molecule has 3 heteroatoms. The third kappa shape index (κ3) is 3.79. The molecule has 102 valence electrons. The lowest BCUT2D eigenvalue weighted by Gasteiger charge is -2.07. The van der Waals surface area contributed by atoms with Crippen molar-refractivity contribution in [3.63, 3.8) is 0 Å². The Balaban J connectivity index is 1.92. The topological polar surface area (TPSA) is 46.2 Å². The number of nitrogens with one attached hydrogen (secondary N) is 1. The zero-order chi connectivity index (χ0) is 14.4. The van der Waals surface area contributed by atoms with Crippen molar-refractivity contribution >= 4 is 17.9 Å². The minimum Gasteiger partial charge on any atom is -0.326 e. The summed E-state index contributed by atoms with van der Waals surface area (Å²) in [5.74, 6) is -0.0451. The zero-order valence-electron chi connectivity index (χ0n) is 11.4. The molecular formula is C17H17NO2. The highest BCUT2D eigenvalue weighted by molar-refractivity contribution is 5.91. The summed E-state index contributed by atoms with van der Waals surface area (Å²) in [5.41, 5.74) is 3.60. The Labute approximate surface area is 118 Å². The highest BCUT2D eigenvalue weighted by Gasteiger charge is 2.05. The van der Waals surface area contributed by atoms with E-state index in [1.807, 2.05) is 31.2 Å². The molecule has 1 amide bonds. The molecule has 20 heavy (non-hydrogen) atoms. The van der Waals surface area contributed by atoms with E-state index in [4.69, 9.17) is 0 Å². The van der Waals surface area contributed by atoms with Gasteiger partial charge >= 0.3 is 0 Å². The summed E-state index contributed by atoms with van der Waals surface area (Å²) in [5, 5.41) is 2.81. The Morgan fingerprint density at radius 1 is 1.15 bits per heavy atom. The molecule has 2 rings (SSSR count). The molecule has 0 saturated heterocycles. The van der Waals surface area contributed by atoms with E-state index < -0.39 is 0 Å². The molecule has 0 aliphatic heterocycles. The van der Waals surface area contributed by atoms with E-state index in [9.17, 15) is 9.59 Å². The van der Waals surface area contributed by atoms with Gasteiger partial charge in [-0.3, -0.25) is 9.59 Å². The quantitative estimate of drug-likeness (QED) is 0.844. The summed E-state index contributed by atoms with van der Waals surface area (Å²) in [4.78, 5) is 22.6. The molecule has 0 radical (unpaired) electrons. The molecule has 0 atom stereocenters. The molecule has 0 spiro atoms. The number of carbonyl (C=O) groups is 2. The van der Waals surface area contributed by atoms with Crippen molar-refractivity contribution in [2.24, 2.45) is 0 Å². The maximum Gasteiger partial charge on any atom is 0.224 e. The van der Waals surface area contributed by atoms with Crippen LogP contribution in [0.15, 0.2) is 48.5 Å². The lowest BCUT2D eigenvalue weighted by molar-refractivity contribution is -0.116. The van der Waals surface area contributed by atoms with Crippen LogP contribution in [0, 0.1) is 6.92 Å². The van der Waals surface area contributed by atoms with Gasteiger partial charge in [-0.25, -0.2) is 0 Å². The first-order valence-corrected chi connectivity index (χ1v) is 6.58. The Morgan fingerprint density at radius 2 is 1.95 bits per heavy atom. The van der Waals surface area contributed by atoms with Crippen LogP contribution in [0.1, 0.15) is 27.9 Å². The van der Waals surface area contributed by atoms with Crippen molar-refractivity contribution in [1.82, 2.24) is 0 Å². The van der Waals surface area contributed by atoms with Gasteiger partial charge in [0.25, 0.3) is 0 Å². The first kappa shape index (κ1) is 14.0. The highest BCUT2D eigenvalue weighted by Crippen LogP contribution is 2.12. The van der Waals surface area contributed by atoms with Crippen LogP contribution < -0.4 is 5.32 Å². The van der Waals surface area contributed by atoms with Crippen LogP contribution in [0.5, 0.6) is 0 Å². The summed E-state index contributed by atoms with van der Waals surface area (Å²) >= 11 is 0. The first-order valence-electron chi connectivity index (χ1n) is 6.58. The van der Waals surface area contributed by atoms with E-state index in [-0.39, 0.29) is 5.91 Å². The fourth-order valence-corrected chi connectivity index (χ4v) is 2.05. The monoisotopic (exact) mass is 267 g/mol. The van der Waals surface area contributed by atoms with Crippen molar-refractivity contribution in [1.29, 1.82) is 0 Å². The number of carbonyl (C=O) groups excluding carboxylic acids is 2. The van der Waals surface area contributed by atoms with Crippen molar-refractivity contribution in [2.45, 2.75) is 19.8 Å². The number of rotatable bonds is 5. The van der Waals surface area contributed by atoms with Gasteiger partial charge in [0.05, 0.1) is 0 Å². The number of benzene rings is 2. The predicted molar refractivity (Wildman–Crippen MR) is 80.0 cm³/mol. The predicted octanol–water partition coefficient (Wildman–Crippen LogP) is 3.38. The summed E-state index contributed by atoms with van der Waals surface area (Å²) < 4.78 is 0. The minimum absolute atomic E-state index is 0.0451. The van der Waals surface area contributed by atoms with E-state index in [0.29, 0.717) is 24.1 Å². The van der Waals surface area contributed by atoms with Gasteiger partial charge in [-0.1, -0.05) is 36.4 Å². The van der Waals surface area contributed by atoms with Crippen LogP contribution in [0.4, 0.5) is 5.69 Å². The lowest BCUT2D eigenvalue weighted by Crippen LogP contribution is -2.12. The van der Waals surface area contributed by atoms with Crippen LogP contribution >= 0.6 is 0 Å². The van der Waals surface area contributed by atoms with Crippen LogP contribution in [0.2, 0.25) is 0 Å². The molecule has 0 fully saturated rings. The molecule has 0 aromatic heterocycles. The number of anilines is 1. The van der Waals surface area contributed by atoms with Gasteiger partial charge < -0.3 is 5.32 Å². The van der Waals surface area contributed by atoms with E-state index in [1.54, 1.807) is 24.3 Å². The van der Waals surface area contributed by atoms with Crippen molar-refractivity contribution in [2.75, 3.05) is 5.32 Å². The van der Waals surface area contributed by atoms with Gasteiger partial charge in [0, 0.05) is 17.7 Å². The smallest absolute Gasteiger partial charge is 0.224 e. The Hall–Kier alpha value is -2.42. The molecule has 0 heterocycles. The molecule has 1 N–H and O–H groups in total. The first-order chi connectivity index (χ1) is 9.69. The molecule has 0 aliphatic carbocycles. The van der Waals surface area contributed by atoms with Crippen LogP contribution in [0.3, 0.4) is 0 Å². The van der Waals surface area contributed by atoms with Gasteiger partial charge in [-0.2, -0.15) is 0 Å². The fourth-order valence-electron chi connectivity index (χ4n) is 2.05. The van der Waals surface area contributed by atoms with Gasteiger partial charge in [-0.15, -0.1) is 0 Å². The average Bonchev–Trinajstić information content (AvgIpc) is 2.46. The summed E-state index contributed by atoms with van der Waals surface area (Å²) in [6.07, 6.45) is 1.91. The molecule has 2 aromatic rings. The number of hydrogen-bond donors (Lipinski definition) is 1. The van der Waals surface area contributed by atoms with E-state index >= 15 is 0 Å². The molecule has 0 aliphatic rings. The zero-order valence-corrected chi connectivity index (χ0v) is 11.4. The van der Waals surface area contributed by atoms with Crippen LogP contribution in [-0.4, -0.2) is 12.2 Å². The standard InChI is InChI=1S/C17H17NO2/c1-13-5-2-3-7-15(13)9-10-17(20)18-16-8-4-6-14(11-16)12-19/h2-8,11-12H,9-10H2,1H3,(H,18,20). The van der Waals surface area contributed by atoms with E-state index in [2.05, 4.69) is 5.32 Å². The van der Waals surface area contributed by atoms with Crippen molar-refractivity contribution < 1.29 is 9.59 Å². The fraction of sp³-hybridized carbons (Fsp3) is 0.176. The maximum atomic E-state index is 11.9. The average molecular weight is 267 g/mol. The molecule has 0 bridgehead atoms. The third-order valence-electron chi connectivity index (χ3n) is 3.19. The van der Waals surface area contributed by atoms with Gasteiger partial charge in [0.15, 0.2) is 0 Å². The van der Waals surface area contributed by atoms with Gasteiger partial charge in [0.2, 0.25) is 5.91 Å². The number of hydrogen-bond acceptors (Lipinski definition) is 2. The highest BCUT2D eigenvalue weighted by atomic mass is 16.1. The van der Waals surface area contributed by atoms with Crippen molar-refractivity contribution in [3.8, 4) is 0 Å². The molecule has 0 unspecified atom stereocenters. The SMILES string of the molecule is Cc1ccccc1CCC(=O)Nc1cccc(C=O)c1. The summed E-state index contributed by atoms with van der Waals surface area (Å²) in [7, 11) is 0. The van der Waals surface area contributed by atoms with E-state index in [0.717, 1.165) is 6.29 Å². The molecule has 0 saturated carbocycles. The largest absolute Gasteiger partial charge is 0.326 e. The normalized spacial score (nSPS) is 10.1. The second-order valence-corrected chi connectivity index (χ2v) is 4.72. The second kappa shape index (κ2) is 6.66. The Bertz CT molecular complexity index is 620. The van der Waals surface area contributed by atoms with Crippen LogP contribution in [0.25, 0.3) is 0 Å². The van der Waals surface area contributed by atoms with Gasteiger partial charge in [-0.05, 0) is 36.6 Å². The molecule has 3 nitrogen and oxygen atoms in total. The summed E-state index contributed by atoms with van der Waals surface area (Å²) in [6, 6.07) is 14.9. The van der Waals surface area contributed by atoms with Gasteiger partial charge in [0.1, 0.15) is 6.29 Å². The second-order valence-electron chi connectivity index (χ2n) is 4.72. The number of aldehydes is 1. The molecule has 2 aromatic carbocycles. The lowest BCUT2D eigenvalue weighted by atomic mass is 10.0. The Kier molecular flexibility index (Phi) is 4.66. The summed E-state index contributed by atoms with van der Waals surface area (Å²) in [6.45, 7) is 2.04. The number of aryl methyl sites for hydroxylation is 2. The third-order valence-corrected chi connectivity index (χ3v) is 3.19. The minimum atomic E-state index is -0.0451. The van der Waals surface area contributed by atoms with E-state index in [1.165, 1.54) is 11.1 Å². The number of amides is 1. The maximum absolute atomic E-state index is 11.9.